The number of benzene rings is 2. The van der Waals surface area contributed by atoms with Gasteiger partial charge >= 0.3 is 5.97 Å². The van der Waals surface area contributed by atoms with E-state index in [1.165, 1.54) is 0 Å². The van der Waals surface area contributed by atoms with E-state index in [-0.39, 0.29) is 18.4 Å². The van der Waals surface area contributed by atoms with Crippen LogP contribution in [0.2, 0.25) is 0 Å². The zero-order valence-corrected chi connectivity index (χ0v) is 19.1. The number of carboxylic acids is 1. The lowest BCUT2D eigenvalue weighted by Gasteiger charge is -2.22. The lowest BCUT2D eigenvalue weighted by molar-refractivity contribution is -0.136. The fourth-order valence-electron chi connectivity index (χ4n) is 3.65. The first kappa shape index (κ1) is 24.0. The van der Waals surface area contributed by atoms with Gasteiger partial charge in [0.25, 0.3) is 5.91 Å². The van der Waals surface area contributed by atoms with Gasteiger partial charge in [-0.1, -0.05) is 44.2 Å². The topological polar surface area (TPSA) is 93.5 Å². The molecule has 2 aromatic carbocycles. The van der Waals surface area contributed by atoms with Gasteiger partial charge < -0.3 is 15.2 Å². The molecular weight excluding hydrogens is 418 g/mol. The number of carbonyl (C=O) groups is 2. The summed E-state index contributed by atoms with van der Waals surface area (Å²) in [7, 11) is 0. The van der Waals surface area contributed by atoms with E-state index in [1.54, 1.807) is 18.3 Å². The van der Waals surface area contributed by atoms with Crippen molar-refractivity contribution in [2.45, 2.75) is 45.7 Å². The number of ether oxygens (including phenoxy) is 1. The highest BCUT2D eigenvalue weighted by Crippen LogP contribution is 2.24. The molecule has 1 atom stereocenters. The normalized spacial score (nSPS) is 11.8. The zero-order valence-electron chi connectivity index (χ0n) is 19.1. The molecule has 1 unspecified atom stereocenters. The number of aryl methyl sites for hydroxylation is 1. The van der Waals surface area contributed by atoms with Gasteiger partial charge in [-0.05, 0) is 54.2 Å². The highest BCUT2D eigenvalue weighted by molar-refractivity contribution is 5.94. The van der Waals surface area contributed by atoms with Crippen LogP contribution < -0.4 is 10.1 Å². The van der Waals surface area contributed by atoms with Gasteiger partial charge in [0, 0.05) is 24.4 Å². The van der Waals surface area contributed by atoms with Crippen molar-refractivity contribution in [2.75, 3.05) is 6.61 Å². The number of carboxylic acid groups (broad SMARTS) is 1. The van der Waals surface area contributed by atoms with Crippen LogP contribution in [0.5, 0.6) is 5.75 Å². The second-order valence-electron chi connectivity index (χ2n) is 8.52. The number of aromatic nitrogens is 2. The zero-order chi connectivity index (χ0) is 23.6. The summed E-state index contributed by atoms with van der Waals surface area (Å²) in [4.78, 5) is 23.8. The Morgan fingerprint density at radius 2 is 1.91 bits per heavy atom. The average molecular weight is 450 g/mol. The van der Waals surface area contributed by atoms with Crippen LogP contribution in [0.1, 0.15) is 48.2 Å². The van der Waals surface area contributed by atoms with Crippen molar-refractivity contribution in [3.05, 3.63) is 83.7 Å². The molecule has 0 aliphatic heterocycles. The summed E-state index contributed by atoms with van der Waals surface area (Å²) >= 11 is 0. The number of hydrogen-bond acceptors (Lipinski definition) is 4. The smallest absolute Gasteiger partial charge is 0.303 e. The monoisotopic (exact) mass is 449 g/mol. The molecule has 7 heteroatoms. The van der Waals surface area contributed by atoms with E-state index < -0.39 is 5.97 Å². The Kier molecular flexibility index (Phi) is 8.63. The van der Waals surface area contributed by atoms with E-state index in [0.717, 1.165) is 17.5 Å². The van der Waals surface area contributed by atoms with E-state index in [1.807, 2.05) is 53.3 Å². The number of hydrogen-bond donors (Lipinski definition) is 2. The number of carbonyl (C=O) groups excluding carboxylic acids is 1. The van der Waals surface area contributed by atoms with Crippen LogP contribution in [0, 0.1) is 5.92 Å². The summed E-state index contributed by atoms with van der Waals surface area (Å²) in [5, 5.41) is 16.4. The maximum atomic E-state index is 12.7. The van der Waals surface area contributed by atoms with Crippen molar-refractivity contribution in [3.63, 3.8) is 0 Å². The Bertz CT molecular complexity index is 1030. The second-order valence-corrected chi connectivity index (χ2v) is 8.52. The number of nitrogens with zero attached hydrogens (tertiary/aromatic N) is 2. The Balaban J connectivity index is 1.74. The van der Waals surface area contributed by atoms with Crippen LogP contribution in [-0.4, -0.2) is 39.4 Å². The molecule has 1 aromatic heterocycles. The van der Waals surface area contributed by atoms with E-state index >= 15 is 0 Å². The molecular formula is C26H31N3O4. The van der Waals surface area contributed by atoms with Crippen LogP contribution in [0.3, 0.4) is 0 Å². The molecule has 33 heavy (non-hydrogen) atoms. The van der Waals surface area contributed by atoms with Crippen LogP contribution >= 0.6 is 0 Å². The lowest BCUT2D eigenvalue weighted by Crippen LogP contribution is -2.40. The van der Waals surface area contributed by atoms with Crippen molar-refractivity contribution < 1.29 is 19.4 Å². The predicted octanol–water partition coefficient (Wildman–Crippen LogP) is 4.17. The lowest BCUT2D eigenvalue weighted by atomic mass is 10.0. The molecule has 0 spiro atoms. The van der Waals surface area contributed by atoms with Gasteiger partial charge in [-0.25, -0.2) is 0 Å². The summed E-state index contributed by atoms with van der Waals surface area (Å²) in [5.41, 5.74) is 2.44. The summed E-state index contributed by atoms with van der Waals surface area (Å²) < 4.78 is 8.01. The van der Waals surface area contributed by atoms with Crippen LogP contribution in [0.4, 0.5) is 0 Å². The summed E-state index contributed by atoms with van der Waals surface area (Å²) in [6.07, 6.45) is 4.77. The molecule has 3 rings (SSSR count). The maximum Gasteiger partial charge on any atom is 0.303 e. The minimum Gasteiger partial charge on any atom is -0.491 e. The summed E-state index contributed by atoms with van der Waals surface area (Å²) in [6, 6.07) is 16.6. The van der Waals surface area contributed by atoms with Crippen LogP contribution in [-0.2, 0) is 17.8 Å². The van der Waals surface area contributed by atoms with Crippen molar-refractivity contribution in [1.29, 1.82) is 0 Å². The molecule has 0 aliphatic carbocycles. The summed E-state index contributed by atoms with van der Waals surface area (Å²) in [6.45, 7) is 5.08. The van der Waals surface area contributed by atoms with Crippen molar-refractivity contribution in [2.24, 2.45) is 5.92 Å². The second kappa shape index (κ2) is 11.9. The molecule has 0 bridgehead atoms. The molecule has 2 N–H and O–H groups in total. The van der Waals surface area contributed by atoms with Gasteiger partial charge in [0.1, 0.15) is 12.4 Å². The molecule has 0 saturated carbocycles. The first-order chi connectivity index (χ1) is 15.9. The Morgan fingerprint density at radius 3 is 2.58 bits per heavy atom. The highest BCUT2D eigenvalue weighted by atomic mass is 16.5. The fraction of sp³-hybridized carbons (Fsp3) is 0.346. The molecule has 0 radical (unpaired) electrons. The molecule has 3 aromatic rings. The van der Waals surface area contributed by atoms with Gasteiger partial charge in [0.15, 0.2) is 0 Å². The van der Waals surface area contributed by atoms with Crippen molar-refractivity contribution >= 4 is 11.9 Å². The van der Waals surface area contributed by atoms with E-state index in [4.69, 9.17) is 9.84 Å². The van der Waals surface area contributed by atoms with Crippen molar-refractivity contribution in [1.82, 2.24) is 15.1 Å². The maximum absolute atomic E-state index is 12.7. The Hall–Kier alpha value is -3.61. The minimum atomic E-state index is -0.852. The first-order valence-corrected chi connectivity index (χ1v) is 11.2. The van der Waals surface area contributed by atoms with E-state index in [9.17, 15) is 9.59 Å². The largest absolute Gasteiger partial charge is 0.491 e. The Labute approximate surface area is 194 Å². The van der Waals surface area contributed by atoms with Gasteiger partial charge in [0.2, 0.25) is 0 Å². The molecule has 7 nitrogen and oxygen atoms in total. The molecule has 0 saturated heterocycles. The van der Waals surface area contributed by atoms with Crippen LogP contribution in [0.15, 0.2) is 67.0 Å². The number of nitrogens with one attached hydrogen (secondary N) is 1. The van der Waals surface area contributed by atoms with E-state index in [2.05, 4.69) is 24.3 Å². The molecule has 174 valence electrons. The first-order valence-electron chi connectivity index (χ1n) is 11.2. The number of aliphatic carboxylic acids is 1. The van der Waals surface area contributed by atoms with E-state index in [0.29, 0.717) is 36.8 Å². The van der Waals surface area contributed by atoms with Gasteiger partial charge in [0.05, 0.1) is 12.6 Å². The third kappa shape index (κ3) is 7.79. The quantitative estimate of drug-likeness (QED) is 0.433. The molecule has 0 fully saturated rings. The van der Waals surface area contributed by atoms with Gasteiger partial charge in [-0.3, -0.25) is 14.3 Å². The fourth-order valence-corrected chi connectivity index (χ4v) is 3.65. The third-order valence-corrected chi connectivity index (χ3v) is 5.21. The minimum absolute atomic E-state index is 0.0228. The predicted molar refractivity (Wildman–Crippen MR) is 126 cm³/mol. The highest BCUT2D eigenvalue weighted by Gasteiger charge is 2.17. The summed E-state index contributed by atoms with van der Waals surface area (Å²) in [5.74, 6) is 0.0219. The van der Waals surface area contributed by atoms with Crippen LogP contribution in [0.25, 0.3) is 0 Å². The Morgan fingerprint density at radius 1 is 1.12 bits per heavy atom. The van der Waals surface area contributed by atoms with Gasteiger partial charge in [-0.2, -0.15) is 5.10 Å². The third-order valence-electron chi connectivity index (χ3n) is 5.21. The molecule has 0 aliphatic rings. The number of amides is 1. The average Bonchev–Trinajstić information content (AvgIpc) is 3.30. The molecule has 1 amide bonds. The SMILES string of the molecule is CC(C)CC(COc1cc(Cn2cccn2)ccc1CCC(=O)O)NC(=O)c1ccccc1. The standard InChI is InChI=1S/C26H31N3O4/c1-19(2)15-23(28-26(32)22-7-4-3-5-8-22)18-33-24-16-20(17-29-14-6-13-27-29)9-10-21(24)11-12-25(30)31/h3-10,13-14,16,19,23H,11-12,15,17-18H2,1-2H3,(H,28,32)(H,30,31). The number of rotatable bonds is 12. The van der Waals surface area contributed by atoms with Gasteiger partial charge in [-0.15, -0.1) is 0 Å². The van der Waals surface area contributed by atoms with Crippen molar-refractivity contribution in [3.8, 4) is 5.75 Å². The molecule has 1 heterocycles.